The number of benzene rings is 1. The van der Waals surface area contributed by atoms with E-state index in [1.807, 2.05) is 0 Å². The van der Waals surface area contributed by atoms with Gasteiger partial charge in [-0.15, -0.1) is 0 Å². The Morgan fingerprint density at radius 3 is 2.71 bits per heavy atom. The van der Waals surface area contributed by atoms with E-state index < -0.39 is 24.0 Å². The van der Waals surface area contributed by atoms with Crippen LogP contribution in [0.1, 0.15) is 30.1 Å². The number of hydrogen-bond donors (Lipinski definition) is 1. The van der Waals surface area contributed by atoms with E-state index in [1.165, 1.54) is 6.07 Å². The van der Waals surface area contributed by atoms with Crippen molar-refractivity contribution >= 4 is 11.9 Å². The summed E-state index contributed by atoms with van der Waals surface area (Å²) in [4.78, 5) is 24.0. The van der Waals surface area contributed by atoms with Crippen molar-refractivity contribution < 1.29 is 23.8 Å². The van der Waals surface area contributed by atoms with Gasteiger partial charge in [0.1, 0.15) is 18.8 Å². The fraction of sp³-hybridized carbons (Fsp3) is 0.471. The number of nitrogens with zero attached hydrogens (tertiary/aromatic N) is 1. The smallest absolute Gasteiger partial charge is 0.338 e. The van der Waals surface area contributed by atoms with Gasteiger partial charge in [-0.05, 0) is 43.9 Å². The molecule has 0 aromatic heterocycles. The Kier molecular flexibility index (Phi) is 4.30. The molecule has 7 nitrogen and oxygen atoms in total. The van der Waals surface area contributed by atoms with E-state index in [1.54, 1.807) is 19.1 Å². The topological polar surface area (TPSA) is 97.7 Å². The van der Waals surface area contributed by atoms with Crippen LogP contribution in [0.3, 0.4) is 0 Å². The number of ether oxygens (including phenoxy) is 3. The van der Waals surface area contributed by atoms with E-state index >= 15 is 0 Å². The molecule has 24 heavy (non-hydrogen) atoms. The second-order valence-electron chi connectivity index (χ2n) is 6.07. The Labute approximate surface area is 139 Å². The van der Waals surface area contributed by atoms with Crippen molar-refractivity contribution in [1.29, 1.82) is 5.26 Å². The monoisotopic (exact) mass is 330 g/mol. The molecule has 1 fully saturated rings. The molecule has 126 valence electrons. The van der Waals surface area contributed by atoms with Crippen LogP contribution >= 0.6 is 0 Å². The van der Waals surface area contributed by atoms with Crippen LogP contribution in [0.25, 0.3) is 0 Å². The van der Waals surface area contributed by atoms with Gasteiger partial charge in [0.25, 0.3) is 5.91 Å². The molecule has 1 amide bonds. The Balaban J connectivity index is 1.55. The summed E-state index contributed by atoms with van der Waals surface area (Å²) in [5.41, 5.74) is -0.627. The molecule has 0 unspecified atom stereocenters. The zero-order valence-electron chi connectivity index (χ0n) is 13.3. The molecule has 1 aromatic carbocycles. The number of nitrogens with one attached hydrogen (secondary N) is 1. The summed E-state index contributed by atoms with van der Waals surface area (Å²) in [6, 6.07) is 6.83. The molecule has 1 atom stereocenters. The maximum Gasteiger partial charge on any atom is 0.338 e. The number of esters is 1. The summed E-state index contributed by atoms with van der Waals surface area (Å²) in [6.45, 7) is 2.14. The maximum atomic E-state index is 12.1. The highest BCUT2D eigenvalue weighted by Crippen LogP contribution is 2.39. The first kappa shape index (κ1) is 16.1. The van der Waals surface area contributed by atoms with E-state index in [4.69, 9.17) is 14.2 Å². The number of fused-ring (bicyclic) bond motifs is 1. The zero-order valence-corrected chi connectivity index (χ0v) is 13.3. The zero-order chi connectivity index (χ0) is 17.2. The summed E-state index contributed by atoms with van der Waals surface area (Å²) in [6.07, 6.45) is 1.84. The van der Waals surface area contributed by atoms with Crippen LogP contribution in [-0.4, -0.2) is 37.2 Å². The van der Waals surface area contributed by atoms with Gasteiger partial charge < -0.3 is 19.5 Å². The van der Waals surface area contributed by atoms with Crippen LogP contribution < -0.4 is 14.8 Å². The fourth-order valence-electron chi connectivity index (χ4n) is 2.59. The van der Waals surface area contributed by atoms with E-state index in [-0.39, 0.29) is 11.5 Å². The molecule has 1 aliphatic heterocycles. The first-order chi connectivity index (χ1) is 11.5. The highest BCUT2D eigenvalue weighted by Gasteiger charge is 2.43. The first-order valence-corrected chi connectivity index (χ1v) is 7.81. The third kappa shape index (κ3) is 3.43. The first-order valence-electron chi connectivity index (χ1n) is 7.81. The predicted octanol–water partition coefficient (Wildman–Crippen LogP) is 1.42. The lowest BCUT2D eigenvalue weighted by Gasteiger charge is -2.22. The fourth-order valence-corrected chi connectivity index (χ4v) is 2.59. The quantitative estimate of drug-likeness (QED) is 0.820. The summed E-state index contributed by atoms with van der Waals surface area (Å²) in [7, 11) is 0. The molecule has 1 saturated carbocycles. The van der Waals surface area contributed by atoms with Crippen LogP contribution in [0.4, 0.5) is 0 Å². The molecule has 0 spiro atoms. The second kappa shape index (κ2) is 6.40. The van der Waals surface area contributed by atoms with E-state index in [0.717, 1.165) is 12.8 Å². The van der Waals surface area contributed by atoms with Gasteiger partial charge in [0.05, 0.1) is 11.6 Å². The van der Waals surface area contributed by atoms with Gasteiger partial charge in [0.15, 0.2) is 18.1 Å². The Morgan fingerprint density at radius 2 is 2.04 bits per heavy atom. The van der Waals surface area contributed by atoms with Crippen molar-refractivity contribution in [3.8, 4) is 17.6 Å². The maximum absolute atomic E-state index is 12.1. The minimum atomic E-state index is -0.902. The van der Waals surface area contributed by atoms with Crippen molar-refractivity contribution in [2.24, 2.45) is 5.92 Å². The van der Waals surface area contributed by atoms with Gasteiger partial charge in [-0.1, -0.05) is 0 Å². The molecule has 1 N–H and O–H groups in total. The number of nitriles is 1. The lowest BCUT2D eigenvalue weighted by atomic mass is 9.98. The number of hydrogen-bond acceptors (Lipinski definition) is 6. The molecular formula is C17H18N2O5. The summed E-state index contributed by atoms with van der Waals surface area (Å²) < 4.78 is 15.8. The lowest BCUT2D eigenvalue weighted by molar-refractivity contribution is -0.125. The molecule has 7 heteroatoms. The third-order valence-electron chi connectivity index (χ3n) is 4.14. The van der Waals surface area contributed by atoms with Gasteiger partial charge in [0, 0.05) is 0 Å². The molecule has 0 bridgehead atoms. The number of amides is 1. The van der Waals surface area contributed by atoms with Gasteiger partial charge in [-0.2, -0.15) is 5.26 Å². The predicted molar refractivity (Wildman–Crippen MR) is 82.6 cm³/mol. The number of carbonyl (C=O) groups excluding carboxylic acids is 2. The molecule has 1 aliphatic carbocycles. The van der Waals surface area contributed by atoms with Gasteiger partial charge in [0.2, 0.25) is 0 Å². The van der Waals surface area contributed by atoms with E-state index in [0.29, 0.717) is 24.7 Å². The molecule has 0 radical (unpaired) electrons. The summed E-state index contributed by atoms with van der Waals surface area (Å²) in [5, 5.41) is 11.9. The van der Waals surface area contributed by atoms with E-state index in [2.05, 4.69) is 11.4 Å². The van der Waals surface area contributed by atoms with Crippen molar-refractivity contribution in [2.75, 3.05) is 19.8 Å². The summed E-state index contributed by atoms with van der Waals surface area (Å²) >= 11 is 0. The number of rotatable bonds is 5. The highest BCUT2D eigenvalue weighted by atomic mass is 16.6. The van der Waals surface area contributed by atoms with Gasteiger partial charge in [-0.3, -0.25) is 4.79 Å². The van der Waals surface area contributed by atoms with Crippen LogP contribution in [0, 0.1) is 17.2 Å². The Bertz CT molecular complexity index is 707. The molecule has 1 aromatic rings. The Morgan fingerprint density at radius 1 is 1.33 bits per heavy atom. The standard InChI is InChI=1S/C17H18N2O5/c1-17(10-18,12-3-4-12)19-15(20)9-24-16(21)11-2-5-13-14(8-11)23-7-6-22-13/h2,5,8,12H,3-4,6-7,9H2,1H3,(H,19,20)/t17-/m0/s1. The minimum absolute atomic E-state index is 0.167. The summed E-state index contributed by atoms with van der Waals surface area (Å²) in [5.74, 6) is 0.0969. The second-order valence-corrected chi connectivity index (χ2v) is 6.07. The minimum Gasteiger partial charge on any atom is -0.486 e. The number of carbonyl (C=O) groups is 2. The van der Waals surface area contributed by atoms with Crippen LogP contribution in [0.2, 0.25) is 0 Å². The van der Waals surface area contributed by atoms with Crippen molar-refractivity contribution in [2.45, 2.75) is 25.3 Å². The van der Waals surface area contributed by atoms with Gasteiger partial charge >= 0.3 is 5.97 Å². The SMILES string of the molecule is C[C@@](C#N)(NC(=O)COC(=O)c1ccc2c(c1)OCCO2)C1CC1. The Hall–Kier alpha value is -2.75. The van der Waals surface area contributed by atoms with Crippen molar-refractivity contribution in [1.82, 2.24) is 5.32 Å². The lowest BCUT2D eigenvalue weighted by Crippen LogP contribution is -2.48. The molecule has 1 heterocycles. The van der Waals surface area contributed by atoms with Crippen molar-refractivity contribution in [3.05, 3.63) is 23.8 Å². The average Bonchev–Trinajstić information content (AvgIpc) is 3.44. The molecular weight excluding hydrogens is 312 g/mol. The van der Waals surface area contributed by atoms with Crippen LogP contribution in [-0.2, 0) is 9.53 Å². The normalized spacial score (nSPS) is 18.0. The molecule has 2 aliphatic rings. The van der Waals surface area contributed by atoms with Gasteiger partial charge in [-0.25, -0.2) is 4.79 Å². The molecule has 0 saturated heterocycles. The van der Waals surface area contributed by atoms with Crippen LogP contribution in [0.15, 0.2) is 18.2 Å². The van der Waals surface area contributed by atoms with Crippen LogP contribution in [0.5, 0.6) is 11.5 Å². The largest absolute Gasteiger partial charge is 0.486 e. The van der Waals surface area contributed by atoms with Crippen molar-refractivity contribution in [3.63, 3.8) is 0 Å². The van der Waals surface area contributed by atoms with E-state index in [9.17, 15) is 14.9 Å². The third-order valence-corrected chi connectivity index (χ3v) is 4.14. The highest BCUT2D eigenvalue weighted by molar-refractivity contribution is 5.92. The average molecular weight is 330 g/mol. The molecule has 3 rings (SSSR count).